The van der Waals surface area contributed by atoms with E-state index >= 15 is 0 Å². The number of benzene rings is 1. The van der Waals surface area contributed by atoms with Crippen molar-refractivity contribution in [2.75, 3.05) is 19.8 Å². The monoisotopic (exact) mass is 530 g/mol. The normalized spacial score (nSPS) is 14.1. The Morgan fingerprint density at radius 2 is 1.21 bits per heavy atom. The van der Waals surface area contributed by atoms with Crippen LogP contribution in [0.25, 0.3) is 6.08 Å². The zero-order valence-corrected chi connectivity index (χ0v) is 24.6. The first-order chi connectivity index (χ1) is 18.7. The molecule has 5 heteroatoms. The number of carbonyl (C=O) groups is 1. The minimum atomic E-state index is -0.280. The van der Waals surface area contributed by atoms with Gasteiger partial charge in [0.25, 0.3) is 0 Å². The van der Waals surface area contributed by atoms with Crippen molar-refractivity contribution in [2.24, 2.45) is 0 Å². The van der Waals surface area contributed by atoms with E-state index in [1.54, 1.807) is 0 Å². The molecule has 0 spiro atoms. The van der Waals surface area contributed by atoms with Gasteiger partial charge in [-0.3, -0.25) is 0 Å². The van der Waals surface area contributed by atoms with Gasteiger partial charge in [-0.2, -0.15) is 0 Å². The van der Waals surface area contributed by atoms with Crippen LogP contribution in [0.15, 0.2) is 18.2 Å². The predicted molar refractivity (Wildman–Crippen MR) is 157 cm³/mol. The van der Waals surface area contributed by atoms with Crippen molar-refractivity contribution in [1.29, 1.82) is 0 Å². The Kier molecular flexibility index (Phi) is 17.5. The standard InChI is InChI=1S/C33H54O5/c1-4-7-10-16-23-35-30-26-28(21-22-32(34)38-29-19-14-13-15-20-29)27-31(36-24-17-11-8-5-2)33(30)37-25-18-12-9-6-3/h21-22,26-27,29H,4-20,23-25H2,1-3H3. The van der Waals surface area contributed by atoms with Crippen LogP contribution in [0.2, 0.25) is 0 Å². The lowest BCUT2D eigenvalue weighted by Crippen LogP contribution is -2.19. The number of esters is 1. The summed E-state index contributed by atoms with van der Waals surface area (Å²) < 4.78 is 24.5. The summed E-state index contributed by atoms with van der Waals surface area (Å²) in [5.74, 6) is 1.80. The van der Waals surface area contributed by atoms with Gasteiger partial charge in [-0.1, -0.05) is 85.0 Å². The molecule has 0 radical (unpaired) electrons. The lowest BCUT2D eigenvalue weighted by atomic mass is 9.98. The van der Waals surface area contributed by atoms with Gasteiger partial charge < -0.3 is 18.9 Å². The second-order valence-electron chi connectivity index (χ2n) is 10.6. The fourth-order valence-corrected chi connectivity index (χ4v) is 4.73. The SMILES string of the molecule is CCCCCCOc1cc(C=CC(=O)OC2CCCCC2)cc(OCCCCCC)c1OCCCCCC. The molecule has 5 nitrogen and oxygen atoms in total. The number of ether oxygens (including phenoxy) is 4. The van der Waals surface area contributed by atoms with E-state index in [-0.39, 0.29) is 12.1 Å². The molecule has 1 aliphatic rings. The van der Waals surface area contributed by atoms with E-state index in [1.165, 1.54) is 51.0 Å². The molecular formula is C33H54O5. The zero-order valence-electron chi connectivity index (χ0n) is 24.6. The summed E-state index contributed by atoms with van der Waals surface area (Å²) in [6.45, 7) is 8.56. The molecule has 1 saturated carbocycles. The Bertz CT molecular complexity index is 747. The van der Waals surface area contributed by atoms with Crippen LogP contribution in [-0.4, -0.2) is 31.9 Å². The van der Waals surface area contributed by atoms with Gasteiger partial charge in [-0.05, 0) is 68.7 Å². The lowest BCUT2D eigenvalue weighted by molar-refractivity contribution is -0.144. The Morgan fingerprint density at radius 1 is 0.711 bits per heavy atom. The third-order valence-corrected chi connectivity index (χ3v) is 7.05. The van der Waals surface area contributed by atoms with Crippen molar-refractivity contribution >= 4 is 12.0 Å². The minimum Gasteiger partial charge on any atom is -0.490 e. The molecule has 0 unspecified atom stereocenters. The van der Waals surface area contributed by atoms with Crippen LogP contribution < -0.4 is 14.2 Å². The highest BCUT2D eigenvalue weighted by Gasteiger charge is 2.18. The first-order valence-corrected chi connectivity index (χ1v) is 15.6. The van der Waals surface area contributed by atoms with Crippen LogP contribution in [0.4, 0.5) is 0 Å². The van der Waals surface area contributed by atoms with Crippen LogP contribution in [-0.2, 0) is 9.53 Å². The maximum Gasteiger partial charge on any atom is 0.331 e. The fraction of sp³-hybridized carbons (Fsp3) is 0.727. The van der Waals surface area contributed by atoms with Crippen molar-refractivity contribution in [3.63, 3.8) is 0 Å². The molecule has 0 aromatic heterocycles. The van der Waals surface area contributed by atoms with Crippen molar-refractivity contribution in [3.8, 4) is 17.2 Å². The summed E-state index contributed by atoms with van der Waals surface area (Å²) in [7, 11) is 0. The summed E-state index contributed by atoms with van der Waals surface area (Å²) in [4.78, 5) is 12.5. The van der Waals surface area contributed by atoms with E-state index in [1.807, 2.05) is 18.2 Å². The molecule has 216 valence electrons. The van der Waals surface area contributed by atoms with E-state index in [0.717, 1.165) is 69.8 Å². The first kappa shape index (κ1) is 32.0. The summed E-state index contributed by atoms with van der Waals surface area (Å²) in [6.07, 6.45) is 22.5. The van der Waals surface area contributed by atoms with Gasteiger partial charge >= 0.3 is 5.97 Å². The number of unbranched alkanes of at least 4 members (excludes halogenated alkanes) is 9. The second kappa shape index (κ2) is 20.7. The third kappa shape index (κ3) is 13.6. The summed E-state index contributed by atoms with van der Waals surface area (Å²) in [6, 6.07) is 3.94. The average Bonchev–Trinajstić information content (AvgIpc) is 2.93. The van der Waals surface area contributed by atoms with Gasteiger partial charge in [-0.15, -0.1) is 0 Å². The summed E-state index contributed by atoms with van der Waals surface area (Å²) in [5, 5.41) is 0. The minimum absolute atomic E-state index is 0.0495. The Labute approximate surface area is 232 Å². The fourth-order valence-electron chi connectivity index (χ4n) is 4.73. The first-order valence-electron chi connectivity index (χ1n) is 15.6. The molecule has 0 N–H and O–H groups in total. The highest BCUT2D eigenvalue weighted by molar-refractivity contribution is 5.87. The number of hydrogen-bond donors (Lipinski definition) is 0. The molecule has 0 aliphatic heterocycles. The molecule has 38 heavy (non-hydrogen) atoms. The Morgan fingerprint density at radius 3 is 1.71 bits per heavy atom. The predicted octanol–water partition coefficient (Wildman–Crippen LogP) is 9.45. The maximum atomic E-state index is 12.5. The topological polar surface area (TPSA) is 54.0 Å². The van der Waals surface area contributed by atoms with Crippen molar-refractivity contribution in [2.45, 2.75) is 136 Å². The molecule has 1 aromatic rings. The number of hydrogen-bond acceptors (Lipinski definition) is 5. The second-order valence-corrected chi connectivity index (χ2v) is 10.6. The van der Waals surface area contributed by atoms with Crippen molar-refractivity contribution in [1.82, 2.24) is 0 Å². The number of carbonyl (C=O) groups excluding carboxylic acids is 1. The van der Waals surface area contributed by atoms with E-state index in [9.17, 15) is 4.79 Å². The van der Waals surface area contributed by atoms with Crippen LogP contribution in [0.3, 0.4) is 0 Å². The van der Waals surface area contributed by atoms with Gasteiger partial charge in [-0.25, -0.2) is 4.79 Å². The molecule has 0 bridgehead atoms. The smallest absolute Gasteiger partial charge is 0.331 e. The molecule has 1 aromatic carbocycles. The molecule has 0 atom stereocenters. The molecule has 1 aliphatic carbocycles. The van der Waals surface area contributed by atoms with Gasteiger partial charge in [0.15, 0.2) is 11.5 Å². The highest BCUT2D eigenvalue weighted by atomic mass is 16.5. The van der Waals surface area contributed by atoms with Crippen molar-refractivity contribution < 1.29 is 23.7 Å². The highest BCUT2D eigenvalue weighted by Crippen LogP contribution is 2.40. The number of rotatable bonds is 21. The molecule has 0 saturated heterocycles. The molecular weight excluding hydrogens is 476 g/mol. The Hall–Kier alpha value is -2.17. The van der Waals surface area contributed by atoms with E-state index < -0.39 is 0 Å². The zero-order chi connectivity index (χ0) is 27.3. The van der Waals surface area contributed by atoms with Gasteiger partial charge in [0.2, 0.25) is 5.75 Å². The van der Waals surface area contributed by atoms with E-state index in [0.29, 0.717) is 37.1 Å². The van der Waals surface area contributed by atoms with Gasteiger partial charge in [0.1, 0.15) is 6.10 Å². The van der Waals surface area contributed by atoms with Gasteiger partial charge in [0.05, 0.1) is 19.8 Å². The van der Waals surface area contributed by atoms with Crippen molar-refractivity contribution in [3.05, 3.63) is 23.8 Å². The molecule has 1 fully saturated rings. The lowest BCUT2D eigenvalue weighted by Gasteiger charge is -2.21. The third-order valence-electron chi connectivity index (χ3n) is 7.05. The summed E-state index contributed by atoms with van der Waals surface area (Å²) in [5.41, 5.74) is 0.857. The Balaban J connectivity index is 2.18. The summed E-state index contributed by atoms with van der Waals surface area (Å²) >= 11 is 0. The quantitative estimate of drug-likeness (QED) is 0.0900. The van der Waals surface area contributed by atoms with Crippen LogP contribution in [0, 0.1) is 0 Å². The average molecular weight is 531 g/mol. The van der Waals surface area contributed by atoms with E-state index in [2.05, 4.69) is 20.8 Å². The maximum absolute atomic E-state index is 12.5. The van der Waals surface area contributed by atoms with Gasteiger partial charge in [0, 0.05) is 6.08 Å². The van der Waals surface area contributed by atoms with Crippen LogP contribution in [0.1, 0.15) is 135 Å². The van der Waals surface area contributed by atoms with Crippen LogP contribution >= 0.6 is 0 Å². The molecule has 0 heterocycles. The molecule has 2 rings (SSSR count). The molecule has 0 amide bonds. The van der Waals surface area contributed by atoms with E-state index in [4.69, 9.17) is 18.9 Å². The largest absolute Gasteiger partial charge is 0.490 e. The van der Waals surface area contributed by atoms with Crippen LogP contribution in [0.5, 0.6) is 17.2 Å².